The molecular formula is C13H13FN2O3. The second-order valence-electron chi connectivity index (χ2n) is 4.44. The number of piperidine rings is 1. The number of nitrogens with one attached hydrogen (secondary N) is 2. The van der Waals surface area contributed by atoms with Gasteiger partial charge in [-0.2, -0.15) is 0 Å². The summed E-state index contributed by atoms with van der Waals surface area (Å²) in [4.78, 5) is 34.5. The molecule has 0 spiro atoms. The fraction of sp³-hybridized carbons (Fsp3) is 0.308. The molecule has 0 bridgehead atoms. The molecule has 100 valence electrons. The normalized spacial score (nSPS) is 18.9. The molecule has 1 aliphatic rings. The van der Waals surface area contributed by atoms with E-state index in [2.05, 4.69) is 10.6 Å². The van der Waals surface area contributed by atoms with Crippen LogP contribution in [0.15, 0.2) is 18.2 Å². The minimum Gasteiger partial charge on any atom is -0.340 e. The van der Waals surface area contributed by atoms with E-state index in [1.165, 1.54) is 12.1 Å². The van der Waals surface area contributed by atoms with Gasteiger partial charge in [0.25, 0.3) is 5.91 Å². The molecule has 0 aliphatic carbocycles. The fourth-order valence-electron chi connectivity index (χ4n) is 1.91. The van der Waals surface area contributed by atoms with Gasteiger partial charge in [0.15, 0.2) is 0 Å². The summed E-state index contributed by atoms with van der Waals surface area (Å²) in [6.45, 7) is 1.68. The molecule has 1 aromatic rings. The molecule has 6 heteroatoms. The van der Waals surface area contributed by atoms with E-state index in [4.69, 9.17) is 0 Å². The maximum atomic E-state index is 13.1. The summed E-state index contributed by atoms with van der Waals surface area (Å²) >= 11 is 0. The summed E-state index contributed by atoms with van der Waals surface area (Å²) in [5.41, 5.74) is 0.802. The summed E-state index contributed by atoms with van der Waals surface area (Å²) in [5.74, 6) is -1.92. The number of carbonyl (C=O) groups excluding carboxylic acids is 3. The Hall–Kier alpha value is -2.24. The van der Waals surface area contributed by atoms with Crippen molar-refractivity contribution in [3.63, 3.8) is 0 Å². The number of amides is 3. The zero-order valence-electron chi connectivity index (χ0n) is 10.3. The van der Waals surface area contributed by atoms with E-state index in [0.29, 0.717) is 5.56 Å². The van der Waals surface area contributed by atoms with Gasteiger partial charge >= 0.3 is 0 Å². The molecule has 1 atom stereocenters. The van der Waals surface area contributed by atoms with Crippen molar-refractivity contribution in [3.8, 4) is 0 Å². The first kappa shape index (κ1) is 13.2. The molecular weight excluding hydrogens is 251 g/mol. The van der Waals surface area contributed by atoms with Crippen molar-refractivity contribution in [2.75, 3.05) is 0 Å². The third kappa shape index (κ3) is 2.96. The summed E-state index contributed by atoms with van der Waals surface area (Å²) in [5, 5.41) is 4.65. The third-order valence-corrected chi connectivity index (χ3v) is 2.99. The summed E-state index contributed by atoms with van der Waals surface area (Å²) in [6.07, 6.45) is 0.434. The topological polar surface area (TPSA) is 75.3 Å². The van der Waals surface area contributed by atoms with Gasteiger partial charge < -0.3 is 5.32 Å². The number of imide groups is 1. The van der Waals surface area contributed by atoms with E-state index in [9.17, 15) is 18.8 Å². The highest BCUT2D eigenvalue weighted by Crippen LogP contribution is 2.12. The van der Waals surface area contributed by atoms with Crippen LogP contribution in [0.5, 0.6) is 0 Å². The van der Waals surface area contributed by atoms with E-state index in [-0.39, 0.29) is 24.3 Å². The number of rotatable bonds is 2. The zero-order chi connectivity index (χ0) is 14.0. The van der Waals surface area contributed by atoms with Gasteiger partial charge in [0, 0.05) is 12.0 Å². The lowest BCUT2D eigenvalue weighted by Crippen LogP contribution is -2.52. The molecule has 5 nitrogen and oxygen atoms in total. The second kappa shape index (κ2) is 5.17. The highest BCUT2D eigenvalue weighted by Gasteiger charge is 2.28. The first-order valence-corrected chi connectivity index (χ1v) is 5.88. The largest absolute Gasteiger partial charge is 0.340 e. The standard InChI is InChI=1S/C13H13FN2O3/c1-7-2-3-8(14)6-9(7)12(18)15-10-4-5-11(17)16-13(10)19/h2-3,6,10H,4-5H2,1H3,(H,15,18)(H,16,17,19). The van der Waals surface area contributed by atoms with Crippen LogP contribution in [0.2, 0.25) is 0 Å². The Bertz CT molecular complexity index is 557. The third-order valence-electron chi connectivity index (χ3n) is 2.99. The quantitative estimate of drug-likeness (QED) is 0.771. The summed E-state index contributed by atoms with van der Waals surface area (Å²) < 4.78 is 13.1. The van der Waals surface area contributed by atoms with Crippen LogP contribution in [0.3, 0.4) is 0 Å². The van der Waals surface area contributed by atoms with Crippen molar-refractivity contribution in [2.45, 2.75) is 25.8 Å². The van der Waals surface area contributed by atoms with Gasteiger partial charge in [-0.3, -0.25) is 19.7 Å². The molecule has 1 unspecified atom stereocenters. The lowest BCUT2D eigenvalue weighted by molar-refractivity contribution is -0.134. The van der Waals surface area contributed by atoms with Crippen molar-refractivity contribution in [1.29, 1.82) is 0 Å². The molecule has 1 saturated heterocycles. The van der Waals surface area contributed by atoms with Crippen LogP contribution in [-0.4, -0.2) is 23.8 Å². The van der Waals surface area contributed by atoms with Crippen LogP contribution in [0.1, 0.15) is 28.8 Å². The maximum Gasteiger partial charge on any atom is 0.252 e. The Balaban J connectivity index is 2.11. The van der Waals surface area contributed by atoms with E-state index in [1.54, 1.807) is 6.92 Å². The molecule has 1 aliphatic heterocycles. The van der Waals surface area contributed by atoms with E-state index in [0.717, 1.165) is 6.07 Å². The number of aryl methyl sites for hydroxylation is 1. The smallest absolute Gasteiger partial charge is 0.252 e. The number of hydrogen-bond acceptors (Lipinski definition) is 3. The molecule has 2 rings (SSSR count). The Kier molecular flexibility index (Phi) is 3.59. The zero-order valence-corrected chi connectivity index (χ0v) is 10.3. The molecule has 1 heterocycles. The van der Waals surface area contributed by atoms with Crippen LogP contribution in [0, 0.1) is 12.7 Å². The SMILES string of the molecule is Cc1ccc(F)cc1C(=O)NC1CCC(=O)NC1=O. The van der Waals surface area contributed by atoms with Gasteiger partial charge in [0.2, 0.25) is 11.8 Å². The van der Waals surface area contributed by atoms with Gasteiger partial charge in [-0.15, -0.1) is 0 Å². The van der Waals surface area contributed by atoms with Gasteiger partial charge in [-0.05, 0) is 31.0 Å². The highest BCUT2D eigenvalue weighted by molar-refractivity contribution is 6.04. The minimum absolute atomic E-state index is 0.179. The van der Waals surface area contributed by atoms with Crippen LogP contribution in [0.25, 0.3) is 0 Å². The molecule has 19 heavy (non-hydrogen) atoms. The minimum atomic E-state index is -0.757. The van der Waals surface area contributed by atoms with Gasteiger partial charge in [0.05, 0.1) is 0 Å². The Morgan fingerprint density at radius 2 is 2.16 bits per heavy atom. The fourth-order valence-corrected chi connectivity index (χ4v) is 1.91. The number of halogens is 1. The van der Waals surface area contributed by atoms with Crippen molar-refractivity contribution in [2.24, 2.45) is 0 Å². The Labute approximate surface area is 109 Å². The van der Waals surface area contributed by atoms with Gasteiger partial charge in [-0.25, -0.2) is 4.39 Å². The van der Waals surface area contributed by atoms with Crippen LogP contribution < -0.4 is 10.6 Å². The molecule has 1 aromatic carbocycles. The number of benzene rings is 1. The van der Waals surface area contributed by atoms with Gasteiger partial charge in [-0.1, -0.05) is 6.07 Å². The number of hydrogen-bond donors (Lipinski definition) is 2. The lowest BCUT2D eigenvalue weighted by atomic mass is 10.0. The highest BCUT2D eigenvalue weighted by atomic mass is 19.1. The summed E-state index contributed by atoms with van der Waals surface area (Å²) in [6, 6.07) is 3.12. The van der Waals surface area contributed by atoms with E-state index < -0.39 is 23.7 Å². The Morgan fingerprint density at radius 1 is 1.42 bits per heavy atom. The van der Waals surface area contributed by atoms with Crippen molar-refractivity contribution >= 4 is 17.7 Å². The van der Waals surface area contributed by atoms with E-state index >= 15 is 0 Å². The average Bonchev–Trinajstić information content (AvgIpc) is 2.35. The summed E-state index contributed by atoms with van der Waals surface area (Å²) in [7, 11) is 0. The van der Waals surface area contributed by atoms with Crippen molar-refractivity contribution < 1.29 is 18.8 Å². The monoisotopic (exact) mass is 264 g/mol. The van der Waals surface area contributed by atoms with Crippen molar-refractivity contribution in [1.82, 2.24) is 10.6 Å². The molecule has 0 aromatic heterocycles. The average molecular weight is 264 g/mol. The predicted molar refractivity (Wildman–Crippen MR) is 64.8 cm³/mol. The first-order valence-electron chi connectivity index (χ1n) is 5.88. The van der Waals surface area contributed by atoms with E-state index in [1.807, 2.05) is 0 Å². The number of carbonyl (C=O) groups is 3. The Morgan fingerprint density at radius 3 is 2.84 bits per heavy atom. The molecule has 0 saturated carbocycles. The van der Waals surface area contributed by atoms with Crippen LogP contribution in [0.4, 0.5) is 4.39 Å². The second-order valence-corrected chi connectivity index (χ2v) is 4.44. The maximum absolute atomic E-state index is 13.1. The van der Waals surface area contributed by atoms with Crippen LogP contribution >= 0.6 is 0 Å². The molecule has 1 fully saturated rings. The first-order chi connectivity index (χ1) is 8.97. The van der Waals surface area contributed by atoms with Crippen molar-refractivity contribution in [3.05, 3.63) is 35.1 Å². The molecule has 3 amide bonds. The molecule has 2 N–H and O–H groups in total. The van der Waals surface area contributed by atoms with Gasteiger partial charge in [0.1, 0.15) is 11.9 Å². The predicted octanol–water partition coefficient (Wildman–Crippen LogP) is 0.669. The lowest BCUT2D eigenvalue weighted by Gasteiger charge is -2.22. The molecule has 0 radical (unpaired) electrons. The van der Waals surface area contributed by atoms with Crippen LogP contribution in [-0.2, 0) is 9.59 Å².